The maximum absolute atomic E-state index is 12.9. The van der Waals surface area contributed by atoms with Crippen LogP contribution in [-0.4, -0.2) is 27.5 Å². The van der Waals surface area contributed by atoms with E-state index in [0.29, 0.717) is 15.9 Å². The van der Waals surface area contributed by atoms with Crippen LogP contribution in [0.2, 0.25) is 0 Å². The number of nitrogens with zero attached hydrogens (tertiary/aromatic N) is 2. The minimum Gasteiger partial charge on any atom is -0.451 e. The van der Waals surface area contributed by atoms with Crippen molar-refractivity contribution in [1.82, 2.24) is 9.55 Å². The van der Waals surface area contributed by atoms with Gasteiger partial charge in [0.15, 0.2) is 6.10 Å². The third-order valence-electron chi connectivity index (χ3n) is 4.24. The minimum absolute atomic E-state index is 0.327. The minimum atomic E-state index is -1.09. The van der Waals surface area contributed by atoms with E-state index in [2.05, 4.69) is 10.3 Å². The van der Waals surface area contributed by atoms with E-state index in [1.54, 1.807) is 0 Å². The number of fused-ring (bicyclic) bond motifs is 1. The predicted molar refractivity (Wildman–Crippen MR) is 104 cm³/mol. The smallest absolute Gasteiger partial charge is 0.326 e. The Bertz CT molecular complexity index is 1100. The molecular weight excluding hydrogens is 385 g/mol. The molecule has 2 aromatic heterocycles. The van der Waals surface area contributed by atoms with Gasteiger partial charge in [0.1, 0.15) is 17.2 Å². The van der Waals surface area contributed by atoms with E-state index in [1.165, 1.54) is 48.9 Å². The van der Waals surface area contributed by atoms with Crippen molar-refractivity contribution in [3.05, 3.63) is 57.2 Å². The van der Waals surface area contributed by atoms with Crippen LogP contribution >= 0.6 is 11.3 Å². The van der Waals surface area contributed by atoms with E-state index in [-0.39, 0.29) is 12.1 Å². The van der Waals surface area contributed by atoms with Crippen LogP contribution in [-0.2, 0) is 20.9 Å². The summed E-state index contributed by atoms with van der Waals surface area (Å²) in [7, 11) is 0. The first-order valence-corrected chi connectivity index (χ1v) is 9.29. The number of carbonyl (C=O) groups excluding carboxylic acids is 2. The van der Waals surface area contributed by atoms with Crippen LogP contribution in [0.3, 0.4) is 0 Å². The topological polar surface area (TPSA) is 90.3 Å². The summed E-state index contributed by atoms with van der Waals surface area (Å²) in [5.41, 5.74) is 0.892. The zero-order valence-corrected chi connectivity index (χ0v) is 16.3. The molecule has 0 aliphatic heterocycles. The van der Waals surface area contributed by atoms with Crippen molar-refractivity contribution in [2.24, 2.45) is 0 Å². The summed E-state index contributed by atoms with van der Waals surface area (Å²) in [6, 6.07) is 5.20. The largest absolute Gasteiger partial charge is 0.451 e. The third-order valence-corrected chi connectivity index (χ3v) is 5.36. The average Bonchev–Trinajstić information content (AvgIpc) is 2.94. The molecule has 9 heteroatoms. The molecule has 0 spiro atoms. The summed E-state index contributed by atoms with van der Waals surface area (Å²) in [5, 5.41) is 3.01. The van der Waals surface area contributed by atoms with Gasteiger partial charge in [-0.15, -0.1) is 11.3 Å². The number of nitrogens with one attached hydrogen (secondary N) is 1. The molecule has 0 saturated carbocycles. The van der Waals surface area contributed by atoms with Crippen LogP contribution in [0.1, 0.15) is 17.4 Å². The molecule has 0 saturated heterocycles. The molecule has 28 heavy (non-hydrogen) atoms. The second-order valence-electron chi connectivity index (χ2n) is 6.27. The summed E-state index contributed by atoms with van der Waals surface area (Å²) in [4.78, 5) is 42.7. The summed E-state index contributed by atoms with van der Waals surface area (Å²) in [5.74, 6) is -1.73. The fourth-order valence-electron chi connectivity index (χ4n) is 2.59. The number of ether oxygens (including phenoxy) is 1. The number of carbonyl (C=O) groups is 2. The zero-order chi connectivity index (χ0) is 20.4. The van der Waals surface area contributed by atoms with Crippen LogP contribution in [0, 0.1) is 19.7 Å². The Balaban J connectivity index is 1.66. The predicted octanol–water partition coefficient (Wildman–Crippen LogP) is 2.78. The molecule has 0 unspecified atom stereocenters. The highest BCUT2D eigenvalue weighted by Gasteiger charge is 2.20. The number of rotatable bonds is 5. The van der Waals surface area contributed by atoms with Gasteiger partial charge in [0.05, 0.1) is 11.7 Å². The van der Waals surface area contributed by atoms with Gasteiger partial charge in [-0.1, -0.05) is 0 Å². The Morgan fingerprint density at radius 3 is 2.64 bits per heavy atom. The second-order valence-corrected chi connectivity index (χ2v) is 7.47. The van der Waals surface area contributed by atoms with Gasteiger partial charge >= 0.3 is 5.97 Å². The SMILES string of the molecule is Cc1sc2ncn(CC(=O)O[C@H](C)C(=O)Nc3ccc(F)cc3)c(=O)c2c1C. The van der Waals surface area contributed by atoms with Gasteiger partial charge in [-0.2, -0.15) is 0 Å². The average molecular weight is 403 g/mol. The van der Waals surface area contributed by atoms with E-state index in [1.807, 2.05) is 13.8 Å². The quantitative estimate of drug-likeness (QED) is 0.662. The number of anilines is 1. The molecule has 0 fully saturated rings. The second kappa shape index (κ2) is 7.89. The van der Waals surface area contributed by atoms with Crippen LogP contribution < -0.4 is 10.9 Å². The molecular formula is C19H18FN3O4S. The van der Waals surface area contributed by atoms with E-state index in [0.717, 1.165) is 15.0 Å². The first-order chi connectivity index (χ1) is 13.3. The first-order valence-electron chi connectivity index (χ1n) is 8.47. The molecule has 0 bridgehead atoms. The lowest BCUT2D eigenvalue weighted by atomic mass is 10.2. The van der Waals surface area contributed by atoms with Crippen molar-refractivity contribution in [3.8, 4) is 0 Å². The Labute approximate surface area is 163 Å². The third kappa shape index (κ3) is 4.09. The van der Waals surface area contributed by atoms with Gasteiger partial charge in [0, 0.05) is 10.6 Å². The van der Waals surface area contributed by atoms with Crippen LogP contribution in [0.4, 0.5) is 10.1 Å². The van der Waals surface area contributed by atoms with Gasteiger partial charge < -0.3 is 10.1 Å². The maximum Gasteiger partial charge on any atom is 0.326 e. The Kier molecular flexibility index (Phi) is 5.55. The van der Waals surface area contributed by atoms with Crippen molar-refractivity contribution < 1.29 is 18.7 Å². The molecule has 3 rings (SSSR count). The molecule has 146 valence electrons. The van der Waals surface area contributed by atoms with Crippen LogP contribution in [0.25, 0.3) is 10.2 Å². The number of hydrogen-bond acceptors (Lipinski definition) is 6. The van der Waals surface area contributed by atoms with Gasteiger partial charge in [-0.05, 0) is 50.6 Å². The Morgan fingerprint density at radius 1 is 1.29 bits per heavy atom. The Morgan fingerprint density at radius 2 is 1.96 bits per heavy atom. The van der Waals surface area contributed by atoms with Crippen molar-refractivity contribution in [3.63, 3.8) is 0 Å². The fraction of sp³-hybridized carbons (Fsp3) is 0.263. The lowest BCUT2D eigenvalue weighted by Crippen LogP contribution is -2.33. The zero-order valence-electron chi connectivity index (χ0n) is 15.5. The number of amides is 1. The molecule has 1 aromatic carbocycles. The number of aromatic nitrogens is 2. The highest BCUT2D eigenvalue weighted by molar-refractivity contribution is 7.18. The lowest BCUT2D eigenvalue weighted by Gasteiger charge is -2.14. The molecule has 7 nitrogen and oxygen atoms in total. The molecule has 0 radical (unpaired) electrons. The van der Waals surface area contributed by atoms with Gasteiger partial charge in [-0.3, -0.25) is 19.0 Å². The Hall–Kier alpha value is -3.07. The van der Waals surface area contributed by atoms with Crippen molar-refractivity contribution in [2.75, 3.05) is 5.32 Å². The monoisotopic (exact) mass is 403 g/mol. The molecule has 3 aromatic rings. The molecule has 1 N–H and O–H groups in total. The standard InChI is InChI=1S/C19H18FN3O4S/c1-10-12(3)28-18-16(10)19(26)23(9-21-18)8-15(24)27-11(2)17(25)22-14-6-4-13(20)5-7-14/h4-7,9,11H,8H2,1-3H3,(H,22,25)/t11-/m1/s1. The van der Waals surface area contributed by atoms with Crippen LogP contribution in [0.5, 0.6) is 0 Å². The molecule has 2 heterocycles. The van der Waals surface area contributed by atoms with Crippen molar-refractivity contribution in [2.45, 2.75) is 33.4 Å². The van der Waals surface area contributed by atoms with E-state index in [9.17, 15) is 18.8 Å². The molecule has 0 aliphatic carbocycles. The number of hydrogen-bond donors (Lipinski definition) is 1. The summed E-state index contributed by atoms with van der Waals surface area (Å²) >= 11 is 1.42. The highest BCUT2D eigenvalue weighted by Crippen LogP contribution is 2.25. The van der Waals surface area contributed by atoms with Crippen molar-refractivity contribution >= 4 is 39.1 Å². The first kappa shape index (κ1) is 19.7. The highest BCUT2D eigenvalue weighted by atomic mass is 32.1. The summed E-state index contributed by atoms with van der Waals surface area (Å²) < 4.78 is 19.2. The van der Waals surface area contributed by atoms with Crippen LogP contribution in [0.15, 0.2) is 35.4 Å². The number of esters is 1. The van der Waals surface area contributed by atoms with E-state index < -0.39 is 23.8 Å². The molecule has 0 aliphatic rings. The summed E-state index contributed by atoms with van der Waals surface area (Å²) in [6.07, 6.45) is 0.208. The van der Waals surface area contributed by atoms with E-state index >= 15 is 0 Å². The number of aryl methyl sites for hydroxylation is 2. The van der Waals surface area contributed by atoms with Gasteiger partial charge in [-0.25, -0.2) is 9.37 Å². The maximum atomic E-state index is 12.9. The number of halogens is 1. The number of thiophene rings is 1. The lowest BCUT2D eigenvalue weighted by molar-refractivity contribution is -0.153. The van der Waals surface area contributed by atoms with E-state index in [4.69, 9.17) is 4.74 Å². The summed E-state index contributed by atoms with van der Waals surface area (Å²) in [6.45, 7) is 4.79. The van der Waals surface area contributed by atoms with Gasteiger partial charge in [0.2, 0.25) is 0 Å². The van der Waals surface area contributed by atoms with Crippen molar-refractivity contribution in [1.29, 1.82) is 0 Å². The fourth-order valence-corrected chi connectivity index (χ4v) is 3.57. The molecule has 1 amide bonds. The molecule has 1 atom stereocenters. The van der Waals surface area contributed by atoms with Gasteiger partial charge in [0.25, 0.3) is 11.5 Å². The normalized spacial score (nSPS) is 12.0. The number of benzene rings is 1.